The molecule has 8 heteroatoms. The van der Waals surface area contributed by atoms with Gasteiger partial charge in [-0.2, -0.15) is 10.1 Å². The highest BCUT2D eigenvalue weighted by molar-refractivity contribution is 7.13. The number of nitrogens with zero attached hydrogens (tertiary/aromatic N) is 3. The number of halogens is 2. The molecule has 0 bridgehead atoms. The number of rotatable bonds is 1. The van der Waals surface area contributed by atoms with Crippen LogP contribution < -0.4 is 5.69 Å². The van der Waals surface area contributed by atoms with E-state index >= 15 is 0 Å². The minimum absolute atomic E-state index is 0.0319. The third-order valence-corrected chi connectivity index (χ3v) is 4.16. The van der Waals surface area contributed by atoms with Gasteiger partial charge in [-0.1, -0.05) is 47.6 Å². The van der Waals surface area contributed by atoms with Crippen LogP contribution in [0.4, 0.5) is 8.78 Å². The third kappa shape index (κ3) is 4.27. The van der Waals surface area contributed by atoms with E-state index in [0.29, 0.717) is 10.3 Å². The van der Waals surface area contributed by atoms with Gasteiger partial charge in [0.15, 0.2) is 5.82 Å². The van der Waals surface area contributed by atoms with Crippen LogP contribution in [0.3, 0.4) is 0 Å². The van der Waals surface area contributed by atoms with E-state index in [4.69, 9.17) is 0 Å². The monoisotopic (exact) mass is 408 g/mol. The summed E-state index contributed by atoms with van der Waals surface area (Å²) in [4.78, 5) is 15.9. The lowest BCUT2D eigenvalue weighted by Crippen LogP contribution is -2.16. The Bertz CT molecular complexity index is 1100. The van der Waals surface area contributed by atoms with Crippen molar-refractivity contribution in [2.75, 3.05) is 0 Å². The predicted molar refractivity (Wildman–Crippen MR) is 114 cm³/mol. The molecule has 5 nitrogen and oxygen atoms in total. The normalized spacial score (nSPS) is 9.75. The summed E-state index contributed by atoms with van der Waals surface area (Å²) in [6.45, 7) is 13.7. The Balaban J connectivity index is 0.000000599. The molecule has 152 valence electrons. The zero-order valence-corrected chi connectivity index (χ0v) is 18.0. The molecule has 0 atom stereocenters. The summed E-state index contributed by atoms with van der Waals surface area (Å²) >= 11 is 1.13. The molecule has 28 heavy (non-hydrogen) atoms. The second-order valence-corrected chi connectivity index (χ2v) is 5.72. The molecule has 2 aromatic carbocycles. The van der Waals surface area contributed by atoms with Gasteiger partial charge in [-0.3, -0.25) is 4.57 Å². The number of aromatic amines is 1. The van der Waals surface area contributed by atoms with Crippen molar-refractivity contribution in [2.24, 2.45) is 0 Å². The van der Waals surface area contributed by atoms with Crippen molar-refractivity contribution < 1.29 is 8.78 Å². The minimum Gasteiger partial charge on any atom is -0.253 e. The van der Waals surface area contributed by atoms with Gasteiger partial charge in [0.1, 0.15) is 16.9 Å². The Hall–Kier alpha value is -2.61. The molecule has 0 aliphatic heterocycles. The molecule has 0 amide bonds. The highest BCUT2D eigenvalue weighted by Gasteiger charge is 2.20. The van der Waals surface area contributed by atoms with Gasteiger partial charge in [0.05, 0.1) is 15.9 Å². The molecular formula is C20H26F2N4OS. The Morgan fingerprint density at radius 1 is 1.04 bits per heavy atom. The molecule has 0 saturated heterocycles. The smallest absolute Gasteiger partial charge is 0.253 e. The van der Waals surface area contributed by atoms with Crippen LogP contribution in [0.1, 0.15) is 47.1 Å². The zero-order valence-electron chi connectivity index (χ0n) is 17.2. The van der Waals surface area contributed by atoms with Crippen molar-refractivity contribution in [3.8, 4) is 5.69 Å². The van der Waals surface area contributed by atoms with Gasteiger partial charge < -0.3 is 0 Å². The number of imidazole rings is 1. The molecule has 4 rings (SSSR count). The molecule has 2 aromatic heterocycles. The molecule has 0 spiro atoms. The molecule has 0 radical (unpaired) electrons. The number of benzene rings is 2. The molecule has 1 N–H and O–H groups in total. The van der Waals surface area contributed by atoms with Crippen molar-refractivity contribution in [3.05, 3.63) is 51.9 Å². The van der Waals surface area contributed by atoms with Crippen LogP contribution in [0.15, 0.2) is 29.1 Å². The van der Waals surface area contributed by atoms with Crippen LogP contribution in [0.5, 0.6) is 0 Å². The SMILES string of the molecule is CC.CC.CC.Cc1ccc(-n2c(=O)nc3cc4s[nH]nc4c(F)c32)c(F)c1. The number of hydrogen-bond donors (Lipinski definition) is 1. The van der Waals surface area contributed by atoms with Gasteiger partial charge in [-0.25, -0.2) is 18.1 Å². The first-order valence-electron chi connectivity index (χ1n) is 9.37. The van der Waals surface area contributed by atoms with Gasteiger partial charge in [0.25, 0.3) is 0 Å². The highest BCUT2D eigenvalue weighted by Crippen LogP contribution is 2.28. The fraction of sp³-hybridized carbons (Fsp3) is 0.350. The maximum atomic E-state index is 14.7. The van der Waals surface area contributed by atoms with E-state index in [1.807, 2.05) is 41.5 Å². The molecule has 4 aromatic rings. The summed E-state index contributed by atoms with van der Waals surface area (Å²) in [5.41, 5.74) is 0.155. The van der Waals surface area contributed by atoms with Crippen LogP contribution >= 0.6 is 11.5 Å². The number of aromatic nitrogens is 4. The van der Waals surface area contributed by atoms with Gasteiger partial charge in [0, 0.05) is 0 Å². The first-order chi connectivity index (χ1) is 13.6. The molecule has 0 saturated carbocycles. The molecule has 0 unspecified atom stereocenters. The van der Waals surface area contributed by atoms with Crippen LogP contribution in [0.2, 0.25) is 0 Å². The zero-order chi connectivity index (χ0) is 21.4. The second-order valence-electron chi connectivity index (χ2n) is 4.89. The van der Waals surface area contributed by atoms with Crippen LogP contribution in [-0.4, -0.2) is 19.1 Å². The van der Waals surface area contributed by atoms with Crippen molar-refractivity contribution >= 4 is 32.8 Å². The Labute approximate surface area is 167 Å². The maximum absolute atomic E-state index is 14.7. The Morgan fingerprint density at radius 2 is 1.68 bits per heavy atom. The van der Waals surface area contributed by atoms with Gasteiger partial charge >= 0.3 is 5.69 Å². The average Bonchev–Trinajstić information content (AvgIpc) is 3.31. The van der Waals surface area contributed by atoms with Crippen LogP contribution in [0, 0.1) is 18.6 Å². The van der Waals surface area contributed by atoms with Gasteiger partial charge in [-0.05, 0) is 42.2 Å². The standard InChI is InChI=1S/C14H8F2N4OS.3C2H6/c1-6-2-3-9(7(15)4-6)20-13-8(17-14(20)21)5-10-12(11(13)16)18-19-22-10;3*1-2/h2-5,19H,1H3;3*1-2H3. The first-order valence-corrected chi connectivity index (χ1v) is 10.2. The summed E-state index contributed by atoms with van der Waals surface area (Å²) in [6.07, 6.45) is 0. The van der Waals surface area contributed by atoms with Crippen molar-refractivity contribution in [3.63, 3.8) is 0 Å². The summed E-state index contributed by atoms with van der Waals surface area (Å²) in [6, 6.07) is 5.93. The number of H-pyrrole nitrogens is 1. The van der Waals surface area contributed by atoms with E-state index in [9.17, 15) is 13.6 Å². The predicted octanol–water partition coefficient (Wildman–Crippen LogP) is 5.99. The van der Waals surface area contributed by atoms with Crippen molar-refractivity contribution in [2.45, 2.75) is 48.5 Å². The van der Waals surface area contributed by atoms with E-state index in [-0.39, 0.29) is 22.2 Å². The summed E-state index contributed by atoms with van der Waals surface area (Å²) in [5.74, 6) is -1.31. The first kappa shape index (κ1) is 23.4. The number of aryl methyl sites for hydroxylation is 1. The van der Waals surface area contributed by atoms with Crippen molar-refractivity contribution in [1.82, 2.24) is 19.1 Å². The average molecular weight is 409 g/mol. The third-order valence-electron chi connectivity index (χ3n) is 3.45. The molecule has 0 aliphatic carbocycles. The van der Waals surface area contributed by atoms with Crippen molar-refractivity contribution in [1.29, 1.82) is 0 Å². The van der Waals surface area contributed by atoms with E-state index in [0.717, 1.165) is 16.1 Å². The largest absolute Gasteiger partial charge is 0.353 e. The van der Waals surface area contributed by atoms with E-state index < -0.39 is 17.3 Å². The van der Waals surface area contributed by atoms with Gasteiger partial charge in [-0.15, -0.1) is 0 Å². The lowest BCUT2D eigenvalue weighted by Gasteiger charge is -2.06. The minimum atomic E-state index is -0.724. The second kappa shape index (κ2) is 10.7. The topological polar surface area (TPSA) is 63.6 Å². The Morgan fingerprint density at radius 3 is 2.29 bits per heavy atom. The molecule has 0 fully saturated rings. The van der Waals surface area contributed by atoms with E-state index in [2.05, 4.69) is 14.6 Å². The lowest BCUT2D eigenvalue weighted by molar-refractivity contribution is 0.612. The quantitative estimate of drug-likeness (QED) is 0.421. The fourth-order valence-corrected chi connectivity index (χ4v) is 3.09. The number of nitrogens with one attached hydrogen (secondary N) is 1. The molecule has 2 heterocycles. The lowest BCUT2D eigenvalue weighted by atomic mass is 10.2. The van der Waals surface area contributed by atoms with E-state index in [1.165, 1.54) is 12.1 Å². The van der Waals surface area contributed by atoms with E-state index in [1.54, 1.807) is 19.1 Å². The van der Waals surface area contributed by atoms with Crippen LogP contribution in [-0.2, 0) is 0 Å². The summed E-state index contributed by atoms with van der Waals surface area (Å²) < 4.78 is 32.9. The number of hydrogen-bond acceptors (Lipinski definition) is 4. The fourth-order valence-electron chi connectivity index (χ4n) is 2.46. The summed E-state index contributed by atoms with van der Waals surface area (Å²) in [7, 11) is 0. The summed E-state index contributed by atoms with van der Waals surface area (Å²) in [5, 5.41) is 3.83. The van der Waals surface area contributed by atoms with Gasteiger partial charge in [0.2, 0.25) is 0 Å². The number of fused-ring (bicyclic) bond motifs is 2. The molecule has 0 aliphatic rings. The highest BCUT2D eigenvalue weighted by atomic mass is 32.1. The Kier molecular flexibility index (Phi) is 8.91. The van der Waals surface area contributed by atoms with Crippen LogP contribution in [0.25, 0.3) is 26.9 Å². The maximum Gasteiger partial charge on any atom is 0.353 e. The molecular weight excluding hydrogens is 382 g/mol.